The van der Waals surface area contributed by atoms with Crippen LogP contribution in [-0.2, 0) is 40.4 Å². The molecule has 0 fully saturated rings. The monoisotopic (exact) mass is 522 g/mol. The van der Waals surface area contributed by atoms with Gasteiger partial charge in [0.2, 0.25) is 5.89 Å². The van der Waals surface area contributed by atoms with Gasteiger partial charge >= 0.3 is 12.1 Å². The maximum atomic E-state index is 13.4. The molecule has 4 heterocycles. The Balaban J connectivity index is 1.47. The van der Waals surface area contributed by atoms with Crippen LogP contribution in [-0.4, -0.2) is 72.9 Å². The largest absolute Gasteiger partial charge is 0.459 e. The zero-order valence-electron chi connectivity index (χ0n) is 21.8. The Kier molecular flexibility index (Phi) is 6.64. The van der Waals surface area contributed by atoms with E-state index in [0.717, 1.165) is 5.56 Å². The molecule has 2 aliphatic rings. The summed E-state index contributed by atoms with van der Waals surface area (Å²) >= 11 is 0. The molecule has 2 amide bonds. The van der Waals surface area contributed by atoms with E-state index >= 15 is 0 Å². The molecule has 200 valence electrons. The number of fused-ring (bicyclic) bond motifs is 3. The Morgan fingerprint density at radius 2 is 1.92 bits per heavy atom. The van der Waals surface area contributed by atoms with Gasteiger partial charge in [-0.1, -0.05) is 35.5 Å². The van der Waals surface area contributed by atoms with Crippen LogP contribution in [0.4, 0.5) is 4.79 Å². The number of rotatable bonds is 4. The van der Waals surface area contributed by atoms with Gasteiger partial charge in [-0.25, -0.2) is 9.59 Å². The highest BCUT2D eigenvalue weighted by molar-refractivity contribution is 5.95. The summed E-state index contributed by atoms with van der Waals surface area (Å²) in [5.41, 5.74) is 1.57. The van der Waals surface area contributed by atoms with Gasteiger partial charge in [-0.2, -0.15) is 10.1 Å². The standard InChI is InChI=1S/C26H30N6O6/c1-26(2,3)37-25(35)31-13-18-19(10-20(31)24(34)36-14-16-8-6-5-7-9-16)29-32-12-17(22-27-15-28-38-22)11-30(4)23(33)21(18)32/h5-9,15,17,20H,10-14H2,1-4H3. The van der Waals surface area contributed by atoms with Crippen LogP contribution < -0.4 is 0 Å². The third-order valence-electron chi connectivity index (χ3n) is 6.51. The molecule has 2 atom stereocenters. The van der Waals surface area contributed by atoms with E-state index in [2.05, 4.69) is 10.1 Å². The van der Waals surface area contributed by atoms with Crippen molar-refractivity contribution in [3.05, 3.63) is 65.1 Å². The molecule has 0 radical (unpaired) electrons. The number of hydrogen-bond donors (Lipinski definition) is 0. The van der Waals surface area contributed by atoms with Crippen LogP contribution in [0.1, 0.15) is 59.9 Å². The Bertz CT molecular complexity index is 1330. The average molecular weight is 523 g/mol. The number of aromatic nitrogens is 4. The first-order chi connectivity index (χ1) is 18.1. The number of carbonyl (C=O) groups is 3. The summed E-state index contributed by atoms with van der Waals surface area (Å²) in [5.74, 6) is -0.665. The molecule has 5 rings (SSSR count). The lowest BCUT2D eigenvalue weighted by Gasteiger charge is -2.35. The second-order valence-electron chi connectivity index (χ2n) is 10.5. The molecule has 2 unspecified atom stereocenters. The number of hydrogen-bond acceptors (Lipinski definition) is 9. The first kappa shape index (κ1) is 25.4. The van der Waals surface area contributed by atoms with Gasteiger partial charge in [0, 0.05) is 25.6 Å². The van der Waals surface area contributed by atoms with Crippen molar-refractivity contribution in [2.75, 3.05) is 13.6 Å². The molecule has 38 heavy (non-hydrogen) atoms. The van der Waals surface area contributed by atoms with E-state index in [-0.39, 0.29) is 31.4 Å². The molecule has 0 N–H and O–H groups in total. The molecule has 0 spiro atoms. The molecule has 0 saturated heterocycles. The molecular weight excluding hydrogens is 492 g/mol. The van der Waals surface area contributed by atoms with Crippen LogP contribution in [0.5, 0.6) is 0 Å². The summed E-state index contributed by atoms with van der Waals surface area (Å²) in [6.45, 7) is 6.01. The minimum absolute atomic E-state index is 0.0184. The van der Waals surface area contributed by atoms with Gasteiger partial charge in [-0.3, -0.25) is 14.4 Å². The molecule has 12 heteroatoms. The maximum absolute atomic E-state index is 13.4. The van der Waals surface area contributed by atoms with Gasteiger partial charge < -0.3 is 18.9 Å². The highest BCUT2D eigenvalue weighted by Crippen LogP contribution is 2.32. The third-order valence-corrected chi connectivity index (χ3v) is 6.51. The Labute approximate surface area is 219 Å². The summed E-state index contributed by atoms with van der Waals surface area (Å²) in [6.07, 6.45) is 0.745. The van der Waals surface area contributed by atoms with E-state index in [1.165, 1.54) is 11.2 Å². The summed E-state index contributed by atoms with van der Waals surface area (Å²) in [7, 11) is 1.69. The fourth-order valence-corrected chi connectivity index (χ4v) is 4.75. The Hall–Kier alpha value is -4.22. The van der Waals surface area contributed by atoms with Gasteiger partial charge in [-0.15, -0.1) is 0 Å². The van der Waals surface area contributed by atoms with Crippen molar-refractivity contribution >= 4 is 18.0 Å². The van der Waals surface area contributed by atoms with Crippen molar-refractivity contribution in [3.63, 3.8) is 0 Å². The van der Waals surface area contributed by atoms with E-state index in [1.54, 1.807) is 37.4 Å². The maximum Gasteiger partial charge on any atom is 0.411 e. The molecule has 12 nitrogen and oxygen atoms in total. The quantitative estimate of drug-likeness (QED) is 0.474. The third kappa shape index (κ3) is 5.11. The lowest BCUT2D eigenvalue weighted by molar-refractivity contribution is -0.152. The van der Waals surface area contributed by atoms with Crippen molar-refractivity contribution in [1.82, 2.24) is 29.7 Å². The number of ether oxygens (including phenoxy) is 2. The second kappa shape index (κ2) is 9.92. The molecule has 2 aromatic heterocycles. The van der Waals surface area contributed by atoms with Gasteiger partial charge in [0.1, 0.15) is 23.9 Å². The van der Waals surface area contributed by atoms with E-state index in [9.17, 15) is 14.4 Å². The zero-order valence-corrected chi connectivity index (χ0v) is 21.8. The van der Waals surface area contributed by atoms with Crippen LogP contribution in [0.25, 0.3) is 0 Å². The van der Waals surface area contributed by atoms with Gasteiger partial charge in [0.05, 0.1) is 24.7 Å². The number of carbonyl (C=O) groups excluding carboxylic acids is 3. The highest BCUT2D eigenvalue weighted by atomic mass is 16.6. The summed E-state index contributed by atoms with van der Waals surface area (Å²) in [5, 5.41) is 8.40. The van der Waals surface area contributed by atoms with Crippen molar-refractivity contribution in [2.24, 2.45) is 0 Å². The first-order valence-corrected chi connectivity index (χ1v) is 12.4. The Morgan fingerprint density at radius 1 is 1.16 bits per heavy atom. The van der Waals surface area contributed by atoms with Gasteiger partial charge in [0.25, 0.3) is 5.91 Å². The molecule has 3 aromatic rings. The van der Waals surface area contributed by atoms with E-state index in [4.69, 9.17) is 19.1 Å². The topological polar surface area (TPSA) is 133 Å². The minimum atomic E-state index is -0.959. The van der Waals surface area contributed by atoms with E-state index in [0.29, 0.717) is 35.9 Å². The first-order valence-electron chi connectivity index (χ1n) is 12.4. The lowest BCUT2D eigenvalue weighted by Crippen LogP contribution is -2.51. The van der Waals surface area contributed by atoms with Gasteiger partial charge in [-0.05, 0) is 26.3 Å². The normalized spacial score (nSPS) is 19.4. The number of benzene rings is 1. The van der Waals surface area contributed by atoms with Crippen molar-refractivity contribution in [3.8, 4) is 0 Å². The van der Waals surface area contributed by atoms with Crippen molar-refractivity contribution in [1.29, 1.82) is 0 Å². The minimum Gasteiger partial charge on any atom is -0.459 e. The zero-order chi connectivity index (χ0) is 27.0. The van der Waals surface area contributed by atoms with Crippen molar-refractivity contribution in [2.45, 2.75) is 64.4 Å². The van der Waals surface area contributed by atoms with Gasteiger partial charge in [0.15, 0.2) is 6.33 Å². The SMILES string of the molecule is CN1CC(c2ncno2)Cn2nc3c(c2C1=O)CN(C(=O)OC(C)(C)C)C(C(=O)OCc1ccccc1)C3. The molecule has 0 bridgehead atoms. The van der Waals surface area contributed by atoms with E-state index in [1.807, 2.05) is 30.3 Å². The summed E-state index contributed by atoms with van der Waals surface area (Å²) in [6, 6.07) is 8.34. The number of amides is 2. The summed E-state index contributed by atoms with van der Waals surface area (Å²) < 4.78 is 18.1. The number of esters is 1. The smallest absolute Gasteiger partial charge is 0.411 e. The molecule has 2 aliphatic heterocycles. The fourth-order valence-electron chi connectivity index (χ4n) is 4.75. The van der Waals surface area contributed by atoms with Crippen molar-refractivity contribution < 1.29 is 28.4 Å². The predicted molar refractivity (Wildman–Crippen MR) is 132 cm³/mol. The highest BCUT2D eigenvalue weighted by Gasteiger charge is 2.43. The Morgan fingerprint density at radius 3 is 2.61 bits per heavy atom. The van der Waals surface area contributed by atoms with Crippen LogP contribution >= 0.6 is 0 Å². The van der Waals surface area contributed by atoms with Crippen LogP contribution in [0.3, 0.4) is 0 Å². The fraction of sp³-hybridized carbons (Fsp3) is 0.462. The van der Waals surface area contributed by atoms with Crippen LogP contribution in [0, 0.1) is 0 Å². The number of nitrogens with zero attached hydrogens (tertiary/aromatic N) is 6. The molecule has 1 aromatic carbocycles. The van der Waals surface area contributed by atoms with Crippen LogP contribution in [0.15, 0.2) is 41.2 Å². The lowest BCUT2D eigenvalue weighted by atomic mass is 9.98. The summed E-state index contributed by atoms with van der Waals surface area (Å²) in [4.78, 5) is 47.0. The second-order valence-corrected chi connectivity index (χ2v) is 10.5. The molecule has 0 saturated carbocycles. The predicted octanol–water partition coefficient (Wildman–Crippen LogP) is 2.54. The molecular formula is C26H30N6O6. The van der Waals surface area contributed by atoms with E-state index < -0.39 is 23.7 Å². The van der Waals surface area contributed by atoms with Crippen LogP contribution in [0.2, 0.25) is 0 Å². The number of likely N-dealkylation sites (N-methyl/N-ethyl adjacent to an activating group) is 1. The molecule has 0 aliphatic carbocycles. The average Bonchev–Trinajstić information content (AvgIpc) is 3.50.